The van der Waals surface area contributed by atoms with Gasteiger partial charge in [-0.3, -0.25) is 0 Å². The Morgan fingerprint density at radius 3 is 2.56 bits per heavy atom. The SMILES string of the molecule is CN\C=C/C=C1\CCOc2ccc(C(C)(C)O)cc2\C1=C\CCN1CCC(O)(c2ccccc2)CC1. The predicted molar refractivity (Wildman–Crippen MR) is 147 cm³/mol. The van der Waals surface area contributed by atoms with Gasteiger partial charge >= 0.3 is 0 Å². The number of benzene rings is 2. The molecule has 0 unspecified atom stereocenters. The Morgan fingerprint density at radius 2 is 1.86 bits per heavy atom. The van der Waals surface area contributed by atoms with Gasteiger partial charge in [0.1, 0.15) is 5.75 Å². The quantitative estimate of drug-likeness (QED) is 0.505. The van der Waals surface area contributed by atoms with Crippen LogP contribution in [-0.2, 0) is 11.2 Å². The third-order valence-electron chi connectivity index (χ3n) is 7.30. The molecule has 3 N–H and O–H groups in total. The molecule has 0 aromatic heterocycles. The minimum atomic E-state index is -0.925. The zero-order valence-corrected chi connectivity index (χ0v) is 21.8. The summed E-state index contributed by atoms with van der Waals surface area (Å²) in [5, 5.41) is 24.9. The number of nitrogens with zero attached hydrogens (tertiary/aromatic N) is 1. The first-order chi connectivity index (χ1) is 17.3. The number of aliphatic hydroxyl groups is 2. The summed E-state index contributed by atoms with van der Waals surface area (Å²) in [5.41, 5.74) is 3.68. The summed E-state index contributed by atoms with van der Waals surface area (Å²) in [6.45, 7) is 6.95. The smallest absolute Gasteiger partial charge is 0.127 e. The van der Waals surface area contributed by atoms with Crippen molar-refractivity contribution in [2.45, 2.75) is 50.7 Å². The number of likely N-dealkylation sites (tertiary alicyclic amines) is 1. The molecule has 0 spiro atoms. The minimum absolute atomic E-state index is 0.621. The number of rotatable bonds is 7. The van der Waals surface area contributed by atoms with Gasteiger partial charge in [0.05, 0.1) is 17.8 Å². The first kappa shape index (κ1) is 26.2. The lowest BCUT2D eigenvalue weighted by Crippen LogP contribution is -2.42. The van der Waals surface area contributed by atoms with Gasteiger partial charge in [-0.15, -0.1) is 0 Å². The normalized spacial score (nSPS) is 20.8. The minimum Gasteiger partial charge on any atom is -0.493 e. The highest BCUT2D eigenvalue weighted by Crippen LogP contribution is 2.39. The monoisotopic (exact) mass is 488 g/mol. The molecule has 2 aromatic carbocycles. The van der Waals surface area contributed by atoms with E-state index in [-0.39, 0.29) is 0 Å². The lowest BCUT2D eigenvalue weighted by atomic mass is 9.84. The number of ether oxygens (including phenoxy) is 1. The summed E-state index contributed by atoms with van der Waals surface area (Å²) in [7, 11) is 1.89. The fourth-order valence-electron chi connectivity index (χ4n) is 5.08. The van der Waals surface area contributed by atoms with Crippen molar-refractivity contribution in [1.29, 1.82) is 0 Å². The molecule has 2 aliphatic heterocycles. The van der Waals surface area contributed by atoms with Crippen LogP contribution in [0.25, 0.3) is 5.57 Å². The average molecular weight is 489 g/mol. The fourth-order valence-corrected chi connectivity index (χ4v) is 5.08. The van der Waals surface area contributed by atoms with Crippen molar-refractivity contribution in [3.05, 3.63) is 95.2 Å². The molecule has 2 aliphatic rings. The van der Waals surface area contributed by atoms with Crippen LogP contribution in [0.3, 0.4) is 0 Å². The van der Waals surface area contributed by atoms with Gasteiger partial charge in [0.25, 0.3) is 0 Å². The van der Waals surface area contributed by atoms with Crippen LogP contribution in [0, 0.1) is 0 Å². The second-order valence-electron chi connectivity index (χ2n) is 10.4. The van der Waals surface area contributed by atoms with E-state index < -0.39 is 11.2 Å². The molecule has 0 atom stereocenters. The van der Waals surface area contributed by atoms with E-state index in [9.17, 15) is 10.2 Å². The van der Waals surface area contributed by atoms with Crippen molar-refractivity contribution in [1.82, 2.24) is 10.2 Å². The topological polar surface area (TPSA) is 65.0 Å². The molecular weight excluding hydrogens is 448 g/mol. The maximum absolute atomic E-state index is 11.2. The van der Waals surface area contributed by atoms with Crippen LogP contribution in [0.1, 0.15) is 56.2 Å². The first-order valence-corrected chi connectivity index (χ1v) is 13.0. The molecule has 192 valence electrons. The van der Waals surface area contributed by atoms with E-state index in [1.807, 2.05) is 75.6 Å². The Bertz CT molecular complexity index is 1100. The molecule has 36 heavy (non-hydrogen) atoms. The molecule has 0 radical (unpaired) electrons. The first-order valence-electron chi connectivity index (χ1n) is 13.0. The van der Waals surface area contributed by atoms with Crippen molar-refractivity contribution < 1.29 is 14.9 Å². The highest BCUT2D eigenvalue weighted by Gasteiger charge is 2.33. The van der Waals surface area contributed by atoms with E-state index in [1.165, 1.54) is 11.1 Å². The number of piperidine rings is 1. The zero-order valence-electron chi connectivity index (χ0n) is 21.8. The Hall–Kier alpha value is -2.86. The lowest BCUT2D eigenvalue weighted by molar-refractivity contribution is -0.0254. The van der Waals surface area contributed by atoms with Gasteiger partial charge in [-0.2, -0.15) is 0 Å². The summed E-state index contributed by atoms with van der Waals surface area (Å²) in [4.78, 5) is 2.44. The summed E-state index contributed by atoms with van der Waals surface area (Å²) in [5.74, 6) is 0.862. The molecule has 1 fully saturated rings. The molecule has 0 bridgehead atoms. The van der Waals surface area contributed by atoms with Crippen molar-refractivity contribution in [2.24, 2.45) is 0 Å². The van der Waals surface area contributed by atoms with E-state index in [4.69, 9.17) is 4.74 Å². The molecule has 1 saturated heterocycles. The summed E-state index contributed by atoms with van der Waals surface area (Å²) < 4.78 is 6.10. The predicted octanol–water partition coefficient (Wildman–Crippen LogP) is 5.11. The van der Waals surface area contributed by atoms with Gasteiger partial charge < -0.3 is 25.2 Å². The third-order valence-corrected chi connectivity index (χ3v) is 7.30. The van der Waals surface area contributed by atoms with Crippen molar-refractivity contribution >= 4 is 5.57 Å². The zero-order chi connectivity index (χ0) is 25.6. The van der Waals surface area contributed by atoms with Gasteiger partial charge in [-0.05, 0) is 79.8 Å². The summed E-state index contributed by atoms with van der Waals surface area (Å²) in [6.07, 6.45) is 11.6. The van der Waals surface area contributed by atoms with Crippen LogP contribution >= 0.6 is 0 Å². The van der Waals surface area contributed by atoms with Crippen LogP contribution in [0.5, 0.6) is 5.75 Å². The number of hydrogen-bond donors (Lipinski definition) is 3. The van der Waals surface area contributed by atoms with Crippen LogP contribution < -0.4 is 10.1 Å². The van der Waals surface area contributed by atoms with Gasteiger partial charge in [0.15, 0.2) is 0 Å². The van der Waals surface area contributed by atoms with Crippen LogP contribution in [0.4, 0.5) is 0 Å². The van der Waals surface area contributed by atoms with E-state index in [0.29, 0.717) is 6.61 Å². The molecule has 4 rings (SSSR count). The molecule has 2 heterocycles. The van der Waals surface area contributed by atoms with Crippen LogP contribution in [-0.4, -0.2) is 48.4 Å². The van der Waals surface area contributed by atoms with E-state index in [1.54, 1.807) is 0 Å². The number of hydrogen-bond acceptors (Lipinski definition) is 5. The molecule has 2 aromatic rings. The highest BCUT2D eigenvalue weighted by molar-refractivity contribution is 5.83. The second kappa shape index (κ2) is 11.5. The molecule has 5 nitrogen and oxygen atoms in total. The Kier molecular flexibility index (Phi) is 8.35. The fraction of sp³-hybridized carbons (Fsp3) is 0.419. The summed E-state index contributed by atoms with van der Waals surface area (Å²) >= 11 is 0. The second-order valence-corrected chi connectivity index (χ2v) is 10.4. The summed E-state index contributed by atoms with van der Waals surface area (Å²) in [6, 6.07) is 16.1. The van der Waals surface area contributed by atoms with Crippen molar-refractivity contribution in [3.63, 3.8) is 0 Å². The molecule has 5 heteroatoms. The number of nitrogens with one attached hydrogen (secondary N) is 1. The van der Waals surface area contributed by atoms with Gasteiger partial charge in [0, 0.05) is 38.7 Å². The Morgan fingerprint density at radius 1 is 1.11 bits per heavy atom. The van der Waals surface area contributed by atoms with Crippen LogP contribution in [0.15, 0.2) is 78.5 Å². The Labute approximate surface area is 215 Å². The highest BCUT2D eigenvalue weighted by atomic mass is 16.5. The molecule has 0 saturated carbocycles. The van der Waals surface area contributed by atoms with E-state index in [2.05, 4.69) is 28.4 Å². The largest absolute Gasteiger partial charge is 0.493 e. The van der Waals surface area contributed by atoms with Crippen LogP contribution in [0.2, 0.25) is 0 Å². The maximum Gasteiger partial charge on any atom is 0.127 e. The number of fused-ring (bicyclic) bond motifs is 1. The van der Waals surface area contributed by atoms with Crippen molar-refractivity contribution in [3.8, 4) is 5.75 Å². The van der Waals surface area contributed by atoms with Crippen molar-refractivity contribution in [2.75, 3.05) is 33.3 Å². The van der Waals surface area contributed by atoms with E-state index >= 15 is 0 Å². The lowest BCUT2D eigenvalue weighted by Gasteiger charge is -2.38. The van der Waals surface area contributed by atoms with Gasteiger partial charge in [0.2, 0.25) is 0 Å². The van der Waals surface area contributed by atoms with Gasteiger partial charge in [-0.1, -0.05) is 48.6 Å². The maximum atomic E-state index is 11.2. The average Bonchev–Trinajstić information content (AvgIpc) is 3.04. The third kappa shape index (κ3) is 6.28. The molecular formula is C31H40N2O3. The molecule has 0 aliphatic carbocycles. The van der Waals surface area contributed by atoms with Gasteiger partial charge in [-0.25, -0.2) is 0 Å². The van der Waals surface area contributed by atoms with E-state index in [0.717, 1.165) is 67.8 Å². The number of allylic oxidation sites excluding steroid dienone is 3. The molecule has 0 amide bonds. The standard InChI is InChI=1S/C31H40N2O3/c1-30(2,34)26-13-14-29-28(23-26)27(24(15-22-36-29)9-7-18-32-3)12-8-19-33-20-16-31(35,17-21-33)25-10-5-4-6-11-25/h4-7,9-14,18,23,32,34-35H,8,15-17,19-22H2,1-3H3/b18-7-,24-9+,27-12+. The Balaban J connectivity index is 1.53.